The topological polar surface area (TPSA) is 29.3 Å². The van der Waals surface area contributed by atoms with Crippen molar-refractivity contribution < 1.29 is 0 Å². The van der Waals surface area contributed by atoms with Crippen LogP contribution >= 0.6 is 11.6 Å². The summed E-state index contributed by atoms with van der Waals surface area (Å²) < 4.78 is 0. The second-order valence-electron chi connectivity index (χ2n) is 7.32. The van der Waals surface area contributed by atoms with E-state index in [4.69, 9.17) is 17.3 Å². The molecule has 3 heteroatoms. The van der Waals surface area contributed by atoms with Crippen molar-refractivity contribution in [2.75, 3.05) is 13.1 Å². The average molecular weight is 343 g/mol. The molecule has 2 atom stereocenters. The van der Waals surface area contributed by atoms with Crippen molar-refractivity contribution >= 4 is 11.6 Å². The summed E-state index contributed by atoms with van der Waals surface area (Å²) in [4.78, 5) is 2.52. The Morgan fingerprint density at radius 2 is 1.83 bits per heavy atom. The van der Waals surface area contributed by atoms with Crippen LogP contribution in [-0.2, 0) is 13.0 Å². The van der Waals surface area contributed by atoms with Crippen molar-refractivity contribution in [3.8, 4) is 0 Å². The van der Waals surface area contributed by atoms with Crippen LogP contribution in [0, 0.1) is 19.8 Å². The van der Waals surface area contributed by atoms with Gasteiger partial charge in [-0.3, -0.25) is 4.90 Å². The van der Waals surface area contributed by atoms with Crippen LogP contribution in [0.25, 0.3) is 0 Å². The lowest BCUT2D eigenvalue weighted by Crippen LogP contribution is -2.47. The molecule has 2 aromatic rings. The molecule has 0 saturated carbocycles. The van der Waals surface area contributed by atoms with Crippen LogP contribution < -0.4 is 5.73 Å². The van der Waals surface area contributed by atoms with Crippen molar-refractivity contribution in [3.05, 3.63) is 69.7 Å². The number of hydrogen-bond donors (Lipinski definition) is 1. The molecule has 2 aromatic carbocycles. The Balaban J connectivity index is 1.66. The lowest BCUT2D eigenvalue weighted by Gasteiger charge is -2.36. The quantitative estimate of drug-likeness (QED) is 0.895. The molecule has 24 heavy (non-hydrogen) atoms. The Morgan fingerprint density at radius 1 is 1.08 bits per heavy atom. The predicted molar refractivity (Wildman–Crippen MR) is 102 cm³/mol. The van der Waals surface area contributed by atoms with Crippen LogP contribution in [-0.4, -0.2) is 24.0 Å². The summed E-state index contributed by atoms with van der Waals surface area (Å²) in [7, 11) is 0. The van der Waals surface area contributed by atoms with Gasteiger partial charge in [0.1, 0.15) is 0 Å². The first-order valence-electron chi connectivity index (χ1n) is 8.78. The summed E-state index contributed by atoms with van der Waals surface area (Å²) in [6.45, 7) is 7.46. The van der Waals surface area contributed by atoms with Crippen LogP contribution in [0.15, 0.2) is 42.5 Å². The van der Waals surface area contributed by atoms with E-state index < -0.39 is 0 Å². The van der Waals surface area contributed by atoms with E-state index in [-0.39, 0.29) is 6.04 Å². The largest absolute Gasteiger partial charge is 0.327 e. The number of halogens is 1. The maximum absolute atomic E-state index is 6.35. The van der Waals surface area contributed by atoms with E-state index in [1.807, 2.05) is 12.1 Å². The van der Waals surface area contributed by atoms with Gasteiger partial charge in [0.25, 0.3) is 0 Å². The first kappa shape index (κ1) is 17.5. The van der Waals surface area contributed by atoms with Crippen molar-refractivity contribution in [1.29, 1.82) is 0 Å². The average Bonchev–Trinajstić information content (AvgIpc) is 2.53. The molecule has 1 fully saturated rings. The molecule has 0 amide bonds. The molecule has 2 N–H and O–H groups in total. The zero-order valence-corrected chi connectivity index (χ0v) is 15.4. The van der Waals surface area contributed by atoms with Crippen molar-refractivity contribution in [2.45, 2.75) is 39.3 Å². The summed E-state index contributed by atoms with van der Waals surface area (Å²) in [5, 5.41) is 0.802. The number of aryl methyl sites for hydroxylation is 2. The Labute approximate surface area is 150 Å². The van der Waals surface area contributed by atoms with Gasteiger partial charge >= 0.3 is 0 Å². The van der Waals surface area contributed by atoms with Gasteiger partial charge in [-0.2, -0.15) is 0 Å². The van der Waals surface area contributed by atoms with Crippen molar-refractivity contribution in [2.24, 2.45) is 11.7 Å². The zero-order chi connectivity index (χ0) is 17.1. The third-order valence-corrected chi connectivity index (χ3v) is 5.23. The molecule has 0 aromatic heterocycles. The van der Waals surface area contributed by atoms with E-state index in [9.17, 15) is 0 Å². The van der Waals surface area contributed by atoms with E-state index in [1.54, 1.807) is 0 Å². The second-order valence-corrected chi connectivity index (χ2v) is 7.75. The molecule has 1 aliphatic heterocycles. The number of piperidine rings is 1. The van der Waals surface area contributed by atoms with Crippen molar-refractivity contribution in [3.63, 3.8) is 0 Å². The fourth-order valence-electron chi connectivity index (χ4n) is 3.79. The molecule has 128 valence electrons. The monoisotopic (exact) mass is 342 g/mol. The smallest absolute Gasteiger partial charge is 0.0406 e. The molecule has 2 nitrogen and oxygen atoms in total. The molecule has 2 unspecified atom stereocenters. The highest BCUT2D eigenvalue weighted by molar-refractivity contribution is 6.30. The lowest BCUT2D eigenvalue weighted by molar-refractivity contribution is 0.149. The molecule has 0 bridgehead atoms. The third-order valence-electron chi connectivity index (χ3n) is 4.98. The fourth-order valence-corrected chi connectivity index (χ4v) is 3.92. The Bertz CT molecular complexity index is 681. The van der Waals surface area contributed by atoms with Crippen molar-refractivity contribution in [1.82, 2.24) is 4.90 Å². The zero-order valence-electron chi connectivity index (χ0n) is 14.6. The minimum absolute atomic E-state index is 0.265. The minimum Gasteiger partial charge on any atom is -0.327 e. The number of nitrogens with two attached hydrogens (primary N) is 1. The van der Waals surface area contributed by atoms with Gasteiger partial charge in [-0.25, -0.2) is 0 Å². The summed E-state index contributed by atoms with van der Waals surface area (Å²) >= 11 is 5.99. The molecule has 0 spiro atoms. The molecular weight excluding hydrogens is 316 g/mol. The standard InChI is InChI=1S/C21H27ClN2/c1-15-3-4-16(2)19(9-15)13-24-12-18(11-21(23)14-24)10-17-5-7-20(22)8-6-17/h3-9,18,21H,10-14,23H2,1-2H3. The van der Waals surface area contributed by atoms with E-state index in [2.05, 4.69) is 49.1 Å². The van der Waals surface area contributed by atoms with E-state index in [0.717, 1.165) is 37.5 Å². The van der Waals surface area contributed by atoms with Gasteiger partial charge in [-0.05, 0) is 61.4 Å². The number of likely N-dealkylation sites (tertiary alicyclic amines) is 1. The number of rotatable bonds is 4. The first-order chi connectivity index (χ1) is 11.5. The highest BCUT2D eigenvalue weighted by Crippen LogP contribution is 2.23. The molecule has 1 aliphatic rings. The molecule has 0 aliphatic carbocycles. The normalized spacial score (nSPS) is 21.8. The van der Waals surface area contributed by atoms with Crippen LogP contribution in [0.4, 0.5) is 0 Å². The first-order valence-corrected chi connectivity index (χ1v) is 9.16. The number of hydrogen-bond acceptors (Lipinski definition) is 2. The number of benzene rings is 2. The third kappa shape index (κ3) is 4.60. The highest BCUT2D eigenvalue weighted by Gasteiger charge is 2.25. The maximum Gasteiger partial charge on any atom is 0.0406 e. The van der Waals surface area contributed by atoms with Gasteiger partial charge in [0.05, 0.1) is 0 Å². The summed E-state index contributed by atoms with van der Waals surface area (Å²) in [6, 6.07) is 15.2. The maximum atomic E-state index is 6.35. The summed E-state index contributed by atoms with van der Waals surface area (Å²) in [5.41, 5.74) is 11.8. The molecule has 1 saturated heterocycles. The van der Waals surface area contributed by atoms with Gasteiger partial charge < -0.3 is 5.73 Å². The van der Waals surface area contributed by atoms with Crippen LogP contribution in [0.1, 0.15) is 28.7 Å². The predicted octanol–water partition coefficient (Wildman–Crippen LogP) is 4.35. The van der Waals surface area contributed by atoms with E-state index in [0.29, 0.717) is 5.92 Å². The second kappa shape index (κ2) is 7.69. The number of nitrogens with zero attached hydrogens (tertiary/aromatic N) is 1. The molecule has 3 rings (SSSR count). The van der Waals surface area contributed by atoms with E-state index in [1.165, 1.54) is 22.3 Å². The molecule has 0 radical (unpaired) electrons. The van der Waals surface area contributed by atoms with Gasteiger partial charge in [-0.1, -0.05) is 47.5 Å². The van der Waals surface area contributed by atoms with Crippen LogP contribution in [0.5, 0.6) is 0 Å². The van der Waals surface area contributed by atoms with Gasteiger partial charge in [0.2, 0.25) is 0 Å². The minimum atomic E-state index is 0.265. The molecular formula is C21H27ClN2. The summed E-state index contributed by atoms with van der Waals surface area (Å²) in [6.07, 6.45) is 2.18. The molecule has 1 heterocycles. The lowest BCUT2D eigenvalue weighted by atomic mass is 9.88. The van der Waals surface area contributed by atoms with Gasteiger partial charge in [-0.15, -0.1) is 0 Å². The highest BCUT2D eigenvalue weighted by atomic mass is 35.5. The van der Waals surface area contributed by atoms with Crippen LogP contribution in [0.2, 0.25) is 5.02 Å². The van der Waals surface area contributed by atoms with Gasteiger partial charge in [0.15, 0.2) is 0 Å². The van der Waals surface area contributed by atoms with Gasteiger partial charge in [0, 0.05) is 30.7 Å². The van der Waals surface area contributed by atoms with E-state index >= 15 is 0 Å². The Hall–Kier alpha value is -1.35. The van der Waals surface area contributed by atoms with Crippen LogP contribution in [0.3, 0.4) is 0 Å². The Kier molecular flexibility index (Phi) is 5.60. The fraction of sp³-hybridized carbons (Fsp3) is 0.429. The SMILES string of the molecule is Cc1ccc(C)c(CN2CC(N)CC(Cc3ccc(Cl)cc3)C2)c1. The summed E-state index contributed by atoms with van der Waals surface area (Å²) in [5.74, 6) is 0.611. The Morgan fingerprint density at radius 3 is 2.58 bits per heavy atom.